The molecule has 1 aliphatic rings. The molecular formula is C23H33N3O2. The third-order valence-electron chi connectivity index (χ3n) is 5.89. The van der Waals surface area contributed by atoms with E-state index in [1.165, 1.54) is 11.1 Å². The molecule has 0 aliphatic carbocycles. The van der Waals surface area contributed by atoms with Crippen LogP contribution in [0, 0.1) is 26.7 Å². The number of ether oxygens (including phenoxy) is 1. The van der Waals surface area contributed by atoms with Crippen LogP contribution >= 0.6 is 0 Å². The molecule has 5 heteroatoms. The molecule has 152 valence electrons. The van der Waals surface area contributed by atoms with Crippen molar-refractivity contribution >= 4 is 5.91 Å². The topological polar surface area (TPSA) is 56.2 Å². The number of nitrogens with zero attached hydrogens (tertiary/aromatic N) is 2. The molecule has 1 aromatic carbocycles. The van der Waals surface area contributed by atoms with E-state index in [2.05, 4.69) is 55.5 Å². The summed E-state index contributed by atoms with van der Waals surface area (Å²) in [4.78, 5) is 13.2. The molecule has 0 bridgehead atoms. The lowest BCUT2D eigenvalue weighted by atomic mass is 9.73. The Morgan fingerprint density at radius 2 is 1.93 bits per heavy atom. The number of carbonyl (C=O) groups excluding carboxylic acids is 1. The summed E-state index contributed by atoms with van der Waals surface area (Å²) in [6, 6.07) is 10.4. The SMILES string of the molecule is Cc1cccc(C2(CNC(=O)[C@H](C(C)C)n3nc(C)cc3C)CCOCC2)c1. The number of amides is 1. The fourth-order valence-electron chi connectivity index (χ4n) is 4.29. The second-order valence-corrected chi connectivity index (χ2v) is 8.54. The highest BCUT2D eigenvalue weighted by atomic mass is 16.5. The summed E-state index contributed by atoms with van der Waals surface area (Å²) in [6.45, 7) is 12.3. The molecule has 1 aromatic heterocycles. The zero-order chi connectivity index (χ0) is 20.3. The van der Waals surface area contributed by atoms with Crippen molar-refractivity contribution in [1.82, 2.24) is 15.1 Å². The quantitative estimate of drug-likeness (QED) is 0.824. The van der Waals surface area contributed by atoms with Crippen LogP contribution in [0.1, 0.15) is 55.2 Å². The maximum Gasteiger partial charge on any atom is 0.245 e. The average molecular weight is 384 g/mol. The summed E-state index contributed by atoms with van der Waals surface area (Å²) in [5.41, 5.74) is 4.43. The van der Waals surface area contributed by atoms with Gasteiger partial charge in [-0.05, 0) is 51.2 Å². The van der Waals surface area contributed by atoms with Gasteiger partial charge in [-0.15, -0.1) is 0 Å². The number of nitrogens with one attached hydrogen (secondary N) is 1. The van der Waals surface area contributed by atoms with E-state index in [1.807, 2.05) is 24.6 Å². The van der Waals surface area contributed by atoms with Crippen LogP contribution < -0.4 is 5.32 Å². The summed E-state index contributed by atoms with van der Waals surface area (Å²) < 4.78 is 7.50. The molecule has 0 spiro atoms. The Morgan fingerprint density at radius 3 is 2.50 bits per heavy atom. The van der Waals surface area contributed by atoms with Gasteiger partial charge in [0.05, 0.1) is 5.69 Å². The molecule has 2 aromatic rings. The molecule has 2 heterocycles. The van der Waals surface area contributed by atoms with E-state index in [-0.39, 0.29) is 23.3 Å². The van der Waals surface area contributed by atoms with Crippen LogP contribution in [0.2, 0.25) is 0 Å². The first-order valence-corrected chi connectivity index (χ1v) is 10.3. The second-order valence-electron chi connectivity index (χ2n) is 8.54. The van der Waals surface area contributed by atoms with Gasteiger partial charge in [-0.25, -0.2) is 0 Å². The Hall–Kier alpha value is -2.14. The van der Waals surface area contributed by atoms with E-state index in [0.717, 1.165) is 37.4 Å². The standard InChI is InChI=1S/C23H33N3O2/c1-16(2)21(26-19(5)14-18(4)25-26)22(27)24-15-23(9-11-28-12-10-23)20-8-6-7-17(3)13-20/h6-8,13-14,16,21H,9-12,15H2,1-5H3,(H,24,27)/t21-/m0/s1. The van der Waals surface area contributed by atoms with Crippen LogP contribution in [-0.4, -0.2) is 35.4 Å². The van der Waals surface area contributed by atoms with Gasteiger partial charge in [0.2, 0.25) is 5.91 Å². The molecule has 1 aliphatic heterocycles. The minimum Gasteiger partial charge on any atom is -0.381 e. The molecule has 0 unspecified atom stereocenters. The lowest BCUT2D eigenvalue weighted by Gasteiger charge is -2.38. The smallest absolute Gasteiger partial charge is 0.245 e. The van der Waals surface area contributed by atoms with E-state index in [4.69, 9.17) is 4.74 Å². The first kappa shape index (κ1) is 20.6. The number of aryl methyl sites for hydroxylation is 3. The second kappa shape index (κ2) is 8.48. The van der Waals surface area contributed by atoms with Gasteiger partial charge in [0.15, 0.2) is 0 Å². The van der Waals surface area contributed by atoms with Gasteiger partial charge in [-0.3, -0.25) is 9.48 Å². The van der Waals surface area contributed by atoms with E-state index in [1.54, 1.807) is 0 Å². The molecule has 1 fully saturated rings. The van der Waals surface area contributed by atoms with Crippen molar-refractivity contribution in [3.05, 3.63) is 52.8 Å². The molecular weight excluding hydrogens is 350 g/mol. The third-order valence-corrected chi connectivity index (χ3v) is 5.89. The zero-order valence-corrected chi connectivity index (χ0v) is 17.8. The normalized spacial score (nSPS) is 17.5. The number of rotatable bonds is 6. The van der Waals surface area contributed by atoms with Gasteiger partial charge in [0.25, 0.3) is 0 Å². The maximum atomic E-state index is 13.2. The molecule has 1 amide bonds. The Morgan fingerprint density at radius 1 is 1.21 bits per heavy atom. The third kappa shape index (κ3) is 4.30. The highest BCUT2D eigenvalue weighted by Gasteiger charge is 2.36. The lowest BCUT2D eigenvalue weighted by Crippen LogP contribution is -2.47. The first-order chi connectivity index (χ1) is 13.3. The maximum absolute atomic E-state index is 13.2. The number of benzene rings is 1. The van der Waals surface area contributed by atoms with E-state index in [0.29, 0.717) is 6.54 Å². The van der Waals surface area contributed by atoms with Gasteiger partial charge in [-0.1, -0.05) is 43.7 Å². The van der Waals surface area contributed by atoms with Gasteiger partial charge in [0.1, 0.15) is 6.04 Å². The van der Waals surface area contributed by atoms with E-state index >= 15 is 0 Å². The van der Waals surface area contributed by atoms with E-state index < -0.39 is 0 Å². The van der Waals surface area contributed by atoms with Crippen molar-refractivity contribution in [2.75, 3.05) is 19.8 Å². The van der Waals surface area contributed by atoms with Crippen molar-refractivity contribution in [3.63, 3.8) is 0 Å². The predicted octanol–water partition coefficient (Wildman–Crippen LogP) is 3.87. The summed E-state index contributed by atoms with van der Waals surface area (Å²) in [6.07, 6.45) is 1.84. The Bertz CT molecular complexity index is 819. The van der Waals surface area contributed by atoms with Crippen molar-refractivity contribution < 1.29 is 9.53 Å². The minimum atomic E-state index is -0.303. The molecule has 5 nitrogen and oxygen atoms in total. The van der Waals surface area contributed by atoms with Gasteiger partial charge < -0.3 is 10.1 Å². The predicted molar refractivity (Wildman–Crippen MR) is 111 cm³/mol. The molecule has 1 N–H and O–H groups in total. The van der Waals surface area contributed by atoms with Gasteiger partial charge >= 0.3 is 0 Å². The van der Waals surface area contributed by atoms with Crippen LogP contribution in [0.4, 0.5) is 0 Å². The van der Waals surface area contributed by atoms with E-state index in [9.17, 15) is 4.79 Å². The van der Waals surface area contributed by atoms with Crippen molar-refractivity contribution in [1.29, 1.82) is 0 Å². The van der Waals surface area contributed by atoms with Crippen LogP contribution in [0.25, 0.3) is 0 Å². The highest BCUT2D eigenvalue weighted by Crippen LogP contribution is 2.35. The van der Waals surface area contributed by atoms with Crippen molar-refractivity contribution in [2.45, 2.75) is 58.9 Å². The number of hydrogen-bond acceptors (Lipinski definition) is 3. The molecule has 1 atom stereocenters. The summed E-state index contributed by atoms with van der Waals surface area (Å²) in [7, 11) is 0. The summed E-state index contributed by atoms with van der Waals surface area (Å²) in [5.74, 6) is 0.197. The Labute approximate surface area is 168 Å². The Balaban J connectivity index is 1.82. The molecule has 0 saturated carbocycles. The van der Waals surface area contributed by atoms with Crippen molar-refractivity contribution in [3.8, 4) is 0 Å². The zero-order valence-electron chi connectivity index (χ0n) is 17.8. The highest BCUT2D eigenvalue weighted by molar-refractivity contribution is 5.80. The fraction of sp³-hybridized carbons (Fsp3) is 0.565. The fourth-order valence-corrected chi connectivity index (χ4v) is 4.29. The van der Waals surface area contributed by atoms with Crippen molar-refractivity contribution in [2.24, 2.45) is 5.92 Å². The minimum absolute atomic E-state index is 0.0414. The summed E-state index contributed by atoms with van der Waals surface area (Å²) >= 11 is 0. The summed E-state index contributed by atoms with van der Waals surface area (Å²) in [5, 5.41) is 7.84. The average Bonchev–Trinajstić information content (AvgIpc) is 2.98. The lowest BCUT2D eigenvalue weighted by molar-refractivity contribution is -0.126. The first-order valence-electron chi connectivity index (χ1n) is 10.3. The molecule has 28 heavy (non-hydrogen) atoms. The van der Waals surface area contributed by atoms with Crippen LogP contribution in [0.15, 0.2) is 30.3 Å². The van der Waals surface area contributed by atoms with Gasteiger partial charge in [-0.2, -0.15) is 5.10 Å². The molecule has 3 rings (SSSR count). The molecule has 1 saturated heterocycles. The number of hydrogen-bond donors (Lipinski definition) is 1. The number of carbonyl (C=O) groups is 1. The number of aromatic nitrogens is 2. The van der Waals surface area contributed by atoms with Gasteiger partial charge in [0, 0.05) is 30.9 Å². The largest absolute Gasteiger partial charge is 0.381 e. The van der Waals surface area contributed by atoms with Crippen LogP contribution in [0.3, 0.4) is 0 Å². The molecule has 0 radical (unpaired) electrons. The monoisotopic (exact) mass is 383 g/mol. The Kier molecular flexibility index (Phi) is 6.23. The van der Waals surface area contributed by atoms with Crippen LogP contribution in [-0.2, 0) is 14.9 Å². The van der Waals surface area contributed by atoms with Crippen LogP contribution in [0.5, 0.6) is 0 Å².